The van der Waals surface area contributed by atoms with E-state index in [1.807, 2.05) is 47.3 Å². The second kappa shape index (κ2) is 9.54. The van der Waals surface area contributed by atoms with Gasteiger partial charge in [0.05, 0.1) is 6.21 Å². The monoisotopic (exact) mass is 413 g/mol. The van der Waals surface area contributed by atoms with Crippen LogP contribution in [0.15, 0.2) is 102 Å². The summed E-state index contributed by atoms with van der Waals surface area (Å²) in [6, 6.07) is 24.8. The van der Waals surface area contributed by atoms with Gasteiger partial charge in [0.1, 0.15) is 18.2 Å². The summed E-state index contributed by atoms with van der Waals surface area (Å²) in [4.78, 5) is 12.3. The van der Waals surface area contributed by atoms with Crippen molar-refractivity contribution in [2.45, 2.75) is 6.61 Å². The molecule has 1 aromatic heterocycles. The number of aromatic nitrogens is 1. The Labute approximate surface area is 179 Å². The molecule has 0 saturated carbocycles. The first-order valence-corrected chi connectivity index (χ1v) is 9.72. The van der Waals surface area contributed by atoms with Crippen molar-refractivity contribution in [3.63, 3.8) is 0 Å². The predicted octanol–water partition coefficient (Wildman–Crippen LogP) is 4.96. The van der Waals surface area contributed by atoms with E-state index in [1.54, 1.807) is 48.5 Å². The normalized spacial score (nSPS) is 10.9. The largest absolute Gasteiger partial charge is 0.489 e. The molecule has 6 heteroatoms. The second-order valence-electron chi connectivity index (χ2n) is 6.79. The van der Waals surface area contributed by atoms with Crippen LogP contribution in [0.5, 0.6) is 5.75 Å². The Morgan fingerprint density at radius 2 is 1.74 bits per heavy atom. The number of nitrogens with one attached hydrogen (secondary N) is 1. The van der Waals surface area contributed by atoms with Crippen molar-refractivity contribution in [3.05, 3.63) is 120 Å². The predicted molar refractivity (Wildman–Crippen MR) is 118 cm³/mol. The van der Waals surface area contributed by atoms with Gasteiger partial charge < -0.3 is 9.30 Å². The summed E-state index contributed by atoms with van der Waals surface area (Å²) in [5.74, 6) is -0.0225. The Bertz CT molecular complexity index is 1190. The van der Waals surface area contributed by atoms with E-state index in [-0.39, 0.29) is 18.3 Å². The fraction of sp³-hybridized carbons (Fsp3) is 0.0400. The maximum absolute atomic E-state index is 13.7. The van der Waals surface area contributed by atoms with E-state index >= 15 is 0 Å². The van der Waals surface area contributed by atoms with Crippen molar-refractivity contribution in [2.24, 2.45) is 5.10 Å². The molecule has 0 radical (unpaired) electrons. The van der Waals surface area contributed by atoms with Crippen molar-refractivity contribution in [2.75, 3.05) is 0 Å². The first-order valence-electron chi connectivity index (χ1n) is 9.72. The average molecular weight is 413 g/mol. The Balaban J connectivity index is 1.34. The van der Waals surface area contributed by atoms with E-state index in [4.69, 9.17) is 4.74 Å². The van der Waals surface area contributed by atoms with Gasteiger partial charge in [-0.15, -0.1) is 0 Å². The standard InChI is InChI=1S/C25H20FN3O2/c26-24-9-2-1-7-21(24)18-31-23-8-5-6-19(16-23)17-27-28-25(30)20-10-12-22(13-11-20)29-14-3-4-15-29/h1-17H,18H2,(H,28,30)/b27-17+. The van der Waals surface area contributed by atoms with Gasteiger partial charge in [-0.2, -0.15) is 5.10 Å². The number of amides is 1. The minimum atomic E-state index is -0.303. The van der Waals surface area contributed by atoms with Crippen LogP contribution in [0.1, 0.15) is 21.5 Å². The third-order valence-corrected chi connectivity index (χ3v) is 4.62. The van der Waals surface area contributed by atoms with Crippen LogP contribution < -0.4 is 10.2 Å². The molecule has 0 aliphatic rings. The van der Waals surface area contributed by atoms with Gasteiger partial charge in [0.2, 0.25) is 0 Å². The summed E-state index contributed by atoms with van der Waals surface area (Å²) in [5.41, 5.74) is 5.23. The molecular formula is C25H20FN3O2. The third kappa shape index (κ3) is 5.25. The molecule has 0 aliphatic carbocycles. The van der Waals surface area contributed by atoms with Crippen LogP contribution in [0.3, 0.4) is 0 Å². The quantitative estimate of drug-likeness (QED) is 0.344. The first-order chi connectivity index (χ1) is 15.2. The average Bonchev–Trinajstić information content (AvgIpc) is 3.34. The van der Waals surface area contributed by atoms with Crippen molar-refractivity contribution >= 4 is 12.1 Å². The molecule has 5 nitrogen and oxygen atoms in total. The second-order valence-corrected chi connectivity index (χ2v) is 6.79. The molecular weight excluding hydrogens is 393 g/mol. The highest BCUT2D eigenvalue weighted by Crippen LogP contribution is 2.16. The minimum absolute atomic E-state index is 0.128. The lowest BCUT2D eigenvalue weighted by Crippen LogP contribution is -2.17. The number of halogens is 1. The third-order valence-electron chi connectivity index (χ3n) is 4.62. The number of hydrogen-bond donors (Lipinski definition) is 1. The zero-order chi connectivity index (χ0) is 21.5. The van der Waals surface area contributed by atoms with E-state index in [1.165, 1.54) is 12.3 Å². The van der Waals surface area contributed by atoms with E-state index in [9.17, 15) is 9.18 Å². The summed E-state index contributed by atoms with van der Waals surface area (Å²) in [6.45, 7) is 0.128. The molecule has 154 valence electrons. The van der Waals surface area contributed by atoms with Gasteiger partial charge in [-0.25, -0.2) is 9.82 Å². The topological polar surface area (TPSA) is 55.6 Å². The van der Waals surface area contributed by atoms with Gasteiger partial charge in [-0.3, -0.25) is 4.79 Å². The van der Waals surface area contributed by atoms with Crippen LogP contribution in [0.25, 0.3) is 5.69 Å². The number of carbonyl (C=O) groups is 1. The maximum Gasteiger partial charge on any atom is 0.271 e. The SMILES string of the molecule is O=C(N/N=C/c1cccc(OCc2ccccc2F)c1)c1ccc(-n2cccc2)cc1. The summed E-state index contributed by atoms with van der Waals surface area (Å²) in [7, 11) is 0. The first kappa shape index (κ1) is 20.1. The molecule has 4 aromatic rings. The highest BCUT2D eigenvalue weighted by Gasteiger charge is 2.05. The van der Waals surface area contributed by atoms with Crippen molar-refractivity contribution in [1.29, 1.82) is 0 Å². The van der Waals surface area contributed by atoms with Gasteiger partial charge in [-0.05, 0) is 60.2 Å². The Kier molecular flexibility index (Phi) is 6.18. The Morgan fingerprint density at radius 3 is 2.52 bits per heavy atom. The molecule has 0 unspecified atom stereocenters. The lowest BCUT2D eigenvalue weighted by atomic mass is 10.2. The Hall–Kier alpha value is -4.19. The summed E-state index contributed by atoms with van der Waals surface area (Å²) in [5, 5.41) is 4.02. The molecule has 0 spiro atoms. The van der Waals surface area contributed by atoms with Crippen molar-refractivity contribution in [3.8, 4) is 11.4 Å². The van der Waals surface area contributed by atoms with Crippen LogP contribution >= 0.6 is 0 Å². The summed E-state index contributed by atoms with van der Waals surface area (Å²) >= 11 is 0. The number of benzene rings is 3. The van der Waals surface area contributed by atoms with Gasteiger partial charge >= 0.3 is 0 Å². The molecule has 0 atom stereocenters. The number of carbonyl (C=O) groups excluding carboxylic acids is 1. The summed E-state index contributed by atoms with van der Waals surface area (Å²) in [6.07, 6.45) is 5.41. The van der Waals surface area contributed by atoms with Crippen molar-refractivity contribution < 1.29 is 13.9 Å². The van der Waals surface area contributed by atoms with E-state index in [2.05, 4.69) is 10.5 Å². The van der Waals surface area contributed by atoms with Crippen LogP contribution in [0.4, 0.5) is 4.39 Å². The van der Waals surface area contributed by atoms with E-state index in [0.717, 1.165) is 11.3 Å². The number of hydrogen-bond acceptors (Lipinski definition) is 3. The van der Waals surface area contributed by atoms with E-state index < -0.39 is 0 Å². The van der Waals surface area contributed by atoms with Crippen LogP contribution in [0.2, 0.25) is 0 Å². The molecule has 4 rings (SSSR count). The van der Waals surface area contributed by atoms with E-state index in [0.29, 0.717) is 16.9 Å². The minimum Gasteiger partial charge on any atom is -0.489 e. The highest BCUT2D eigenvalue weighted by atomic mass is 19.1. The lowest BCUT2D eigenvalue weighted by Gasteiger charge is -2.07. The molecule has 0 fully saturated rings. The van der Waals surface area contributed by atoms with Crippen LogP contribution in [-0.4, -0.2) is 16.7 Å². The summed E-state index contributed by atoms with van der Waals surface area (Å²) < 4.78 is 21.3. The van der Waals surface area contributed by atoms with Gasteiger partial charge in [0.15, 0.2) is 0 Å². The smallest absolute Gasteiger partial charge is 0.271 e. The number of ether oxygens (including phenoxy) is 1. The fourth-order valence-electron chi connectivity index (χ4n) is 2.98. The van der Waals surface area contributed by atoms with Crippen molar-refractivity contribution in [1.82, 2.24) is 9.99 Å². The number of rotatable bonds is 7. The van der Waals surface area contributed by atoms with Gasteiger partial charge in [0, 0.05) is 29.2 Å². The maximum atomic E-state index is 13.7. The molecule has 1 N–H and O–H groups in total. The van der Waals surface area contributed by atoms with Gasteiger partial charge in [-0.1, -0.05) is 30.3 Å². The number of hydrazone groups is 1. The molecule has 31 heavy (non-hydrogen) atoms. The molecule has 3 aromatic carbocycles. The zero-order valence-electron chi connectivity index (χ0n) is 16.6. The molecule has 0 saturated heterocycles. The molecule has 0 bridgehead atoms. The highest BCUT2D eigenvalue weighted by molar-refractivity contribution is 5.95. The van der Waals surface area contributed by atoms with Gasteiger partial charge in [0.25, 0.3) is 5.91 Å². The molecule has 1 amide bonds. The Morgan fingerprint density at radius 1 is 0.968 bits per heavy atom. The van der Waals surface area contributed by atoms with Crippen LogP contribution in [-0.2, 0) is 6.61 Å². The fourth-order valence-corrected chi connectivity index (χ4v) is 2.98. The van der Waals surface area contributed by atoms with Crippen LogP contribution in [0, 0.1) is 5.82 Å². The molecule has 0 aliphatic heterocycles. The molecule has 1 heterocycles. The number of nitrogens with zero attached hydrogens (tertiary/aromatic N) is 2. The lowest BCUT2D eigenvalue weighted by molar-refractivity contribution is 0.0955. The zero-order valence-corrected chi connectivity index (χ0v) is 16.6.